The van der Waals surface area contributed by atoms with Crippen LogP contribution in [0.25, 0.3) is 121 Å². The zero-order valence-electron chi connectivity index (χ0n) is 40.7. The topological polar surface area (TPSA) is 22.8 Å². The molecule has 0 radical (unpaired) electrons. The van der Waals surface area contributed by atoms with Gasteiger partial charge < -0.3 is 9.13 Å². The van der Waals surface area contributed by atoms with Crippen LogP contribution in [0.3, 0.4) is 0 Å². The van der Waals surface area contributed by atoms with Gasteiger partial charge in [0.2, 0.25) is 0 Å². The minimum absolute atomic E-state index is 0.213. The third-order valence-electron chi connectivity index (χ3n) is 15.4. The minimum atomic E-state index is 0.213. The summed E-state index contributed by atoms with van der Waals surface area (Å²) in [4.78, 5) is 4.66. The molecule has 14 rings (SSSR count). The molecule has 0 N–H and O–H groups in total. The van der Waals surface area contributed by atoms with Crippen LogP contribution in [-0.4, -0.2) is 14.1 Å². The summed E-state index contributed by atoms with van der Waals surface area (Å²) in [7, 11) is 0. The van der Waals surface area contributed by atoms with Gasteiger partial charge in [0.15, 0.2) is 0 Å². The van der Waals surface area contributed by atoms with Crippen molar-refractivity contribution >= 4 is 65.2 Å². The molecular formula is C70H49N3. The fourth-order valence-electron chi connectivity index (χ4n) is 11.9. The molecule has 0 bridgehead atoms. The van der Waals surface area contributed by atoms with E-state index in [2.05, 4.69) is 271 Å². The van der Waals surface area contributed by atoms with Crippen molar-refractivity contribution in [3.05, 3.63) is 272 Å². The molecule has 0 saturated heterocycles. The lowest BCUT2D eigenvalue weighted by molar-refractivity contribution is 0.913. The van der Waals surface area contributed by atoms with Gasteiger partial charge in [-0.15, -0.1) is 0 Å². The summed E-state index contributed by atoms with van der Waals surface area (Å²) >= 11 is 0. The number of hydrogen-bond donors (Lipinski definition) is 0. The molecule has 0 amide bonds. The van der Waals surface area contributed by atoms with Crippen LogP contribution in [0.4, 0.5) is 0 Å². The first-order valence-corrected chi connectivity index (χ1v) is 25.3. The summed E-state index contributed by atoms with van der Waals surface area (Å²) in [6.45, 7) is 4.63. The molecule has 1 unspecified atom stereocenters. The number of nitrogens with zero attached hydrogens (tertiary/aromatic N) is 3. The van der Waals surface area contributed by atoms with E-state index in [1.54, 1.807) is 0 Å². The Balaban J connectivity index is 0.978. The maximum Gasteiger partial charge on any atom is 0.0701 e. The molecule has 3 nitrogen and oxygen atoms in total. The van der Waals surface area contributed by atoms with Crippen molar-refractivity contribution < 1.29 is 0 Å². The molecule has 3 aromatic heterocycles. The van der Waals surface area contributed by atoms with Gasteiger partial charge in [-0.2, -0.15) is 0 Å². The summed E-state index contributed by atoms with van der Waals surface area (Å²) in [5.74, 6) is 0.213. The normalized spacial score (nSPS) is 12.2. The number of aromatic nitrogens is 3. The van der Waals surface area contributed by atoms with Crippen LogP contribution >= 0.6 is 0 Å². The van der Waals surface area contributed by atoms with Crippen LogP contribution in [0.15, 0.2) is 255 Å². The number of aryl methyl sites for hydroxylation is 1. The second-order valence-corrected chi connectivity index (χ2v) is 19.5. The second kappa shape index (κ2) is 17.2. The first kappa shape index (κ1) is 42.6. The maximum absolute atomic E-state index is 4.66. The zero-order chi connectivity index (χ0) is 48.6. The van der Waals surface area contributed by atoms with Gasteiger partial charge in [-0.3, -0.25) is 4.98 Å². The van der Waals surface area contributed by atoms with Crippen molar-refractivity contribution in [2.24, 2.45) is 0 Å². The number of pyridine rings is 1. The molecule has 14 aromatic rings. The van der Waals surface area contributed by atoms with Gasteiger partial charge in [0, 0.05) is 50.6 Å². The highest BCUT2D eigenvalue weighted by Crippen LogP contribution is 2.47. The van der Waals surface area contributed by atoms with E-state index in [-0.39, 0.29) is 5.92 Å². The van der Waals surface area contributed by atoms with E-state index in [0.717, 1.165) is 33.8 Å². The van der Waals surface area contributed by atoms with E-state index in [1.165, 1.54) is 104 Å². The Morgan fingerprint density at radius 2 is 0.740 bits per heavy atom. The summed E-state index contributed by atoms with van der Waals surface area (Å²) in [6.07, 6.45) is 1.86. The van der Waals surface area contributed by atoms with E-state index >= 15 is 0 Å². The molecule has 0 aliphatic carbocycles. The molecule has 0 aliphatic heterocycles. The standard InChI is InChI=1S/C70H49N3/c1-45-40-62-63(44-61(45)46(2)47-18-4-3-5-19-47)70(51-37-33-49(34-38-51)64-26-16-17-39-71-64)60-25-7-6-24-59(60)69(62)50-35-31-48(32-36-50)52-41-53(72-65-27-12-8-20-55(65)56-21-9-13-28-66(56)72)43-54(42-52)73-67-29-14-10-22-57(67)58-23-11-15-30-68(58)73/h3-44,46H,1-2H3. The first-order chi connectivity index (χ1) is 36.1. The predicted molar refractivity (Wildman–Crippen MR) is 308 cm³/mol. The lowest BCUT2D eigenvalue weighted by Gasteiger charge is -2.22. The van der Waals surface area contributed by atoms with Gasteiger partial charge in [-0.1, -0.05) is 195 Å². The van der Waals surface area contributed by atoms with E-state index in [9.17, 15) is 0 Å². The fraction of sp³-hybridized carbons (Fsp3) is 0.0429. The maximum atomic E-state index is 4.66. The summed E-state index contributed by atoms with van der Waals surface area (Å²) < 4.78 is 4.89. The van der Waals surface area contributed by atoms with E-state index < -0.39 is 0 Å². The van der Waals surface area contributed by atoms with Crippen molar-refractivity contribution in [2.75, 3.05) is 0 Å². The van der Waals surface area contributed by atoms with Crippen LogP contribution in [0.5, 0.6) is 0 Å². The highest BCUT2D eigenvalue weighted by atomic mass is 15.0. The van der Waals surface area contributed by atoms with Crippen LogP contribution in [-0.2, 0) is 0 Å². The van der Waals surface area contributed by atoms with Crippen LogP contribution in [0.2, 0.25) is 0 Å². The highest BCUT2D eigenvalue weighted by Gasteiger charge is 2.22. The molecule has 1 atom stereocenters. The summed E-state index contributed by atoms with van der Waals surface area (Å²) in [6, 6.07) is 91.6. The Morgan fingerprint density at radius 1 is 0.329 bits per heavy atom. The van der Waals surface area contributed by atoms with Gasteiger partial charge in [0.1, 0.15) is 0 Å². The van der Waals surface area contributed by atoms with Crippen molar-refractivity contribution in [3.63, 3.8) is 0 Å². The number of para-hydroxylation sites is 4. The quantitative estimate of drug-likeness (QED) is 0.139. The first-order valence-electron chi connectivity index (χ1n) is 25.3. The number of rotatable bonds is 8. The molecule has 0 fully saturated rings. The third-order valence-corrected chi connectivity index (χ3v) is 15.4. The lowest BCUT2D eigenvalue weighted by atomic mass is 9.81. The van der Waals surface area contributed by atoms with Gasteiger partial charge in [-0.25, -0.2) is 0 Å². The predicted octanol–water partition coefficient (Wildman–Crippen LogP) is 18.7. The Kier molecular flexibility index (Phi) is 10.0. The summed E-state index contributed by atoms with van der Waals surface area (Å²) in [5, 5.41) is 9.95. The minimum Gasteiger partial charge on any atom is -0.309 e. The van der Waals surface area contributed by atoms with E-state index in [1.807, 2.05) is 12.3 Å². The Labute approximate surface area is 424 Å². The van der Waals surface area contributed by atoms with Crippen molar-refractivity contribution in [1.29, 1.82) is 0 Å². The van der Waals surface area contributed by atoms with E-state index in [0.29, 0.717) is 0 Å². The Morgan fingerprint density at radius 3 is 1.22 bits per heavy atom. The molecule has 0 spiro atoms. The number of benzene rings is 11. The van der Waals surface area contributed by atoms with Gasteiger partial charge in [0.05, 0.1) is 27.8 Å². The van der Waals surface area contributed by atoms with Crippen LogP contribution in [0.1, 0.15) is 29.5 Å². The monoisotopic (exact) mass is 931 g/mol. The molecule has 344 valence electrons. The Hall–Kier alpha value is -9.31. The average molecular weight is 932 g/mol. The largest absolute Gasteiger partial charge is 0.309 e. The molecule has 11 aromatic carbocycles. The SMILES string of the molecule is Cc1cc2c(-c3ccc(-c4cc(-n5c6ccccc6c6ccccc65)cc(-n5c6ccccc6c6ccccc65)c4)cc3)c3ccccc3c(-c3ccc(-c4ccccn4)cc3)c2cc1C(C)c1ccccc1. The zero-order valence-corrected chi connectivity index (χ0v) is 40.7. The van der Waals surface area contributed by atoms with Crippen LogP contribution < -0.4 is 0 Å². The van der Waals surface area contributed by atoms with Gasteiger partial charge >= 0.3 is 0 Å². The van der Waals surface area contributed by atoms with Gasteiger partial charge in [-0.05, 0) is 139 Å². The molecule has 0 saturated carbocycles. The highest BCUT2D eigenvalue weighted by molar-refractivity contribution is 6.22. The Bertz CT molecular complexity index is 4190. The molecule has 0 aliphatic rings. The average Bonchev–Trinajstić information content (AvgIpc) is 3.98. The molecule has 3 heterocycles. The summed E-state index contributed by atoms with van der Waals surface area (Å²) in [5.41, 5.74) is 20.2. The lowest BCUT2D eigenvalue weighted by Crippen LogP contribution is -2.01. The molecular weight excluding hydrogens is 883 g/mol. The van der Waals surface area contributed by atoms with Crippen molar-refractivity contribution in [2.45, 2.75) is 19.8 Å². The van der Waals surface area contributed by atoms with Gasteiger partial charge in [0.25, 0.3) is 0 Å². The smallest absolute Gasteiger partial charge is 0.0701 e. The molecule has 3 heteroatoms. The van der Waals surface area contributed by atoms with Crippen LogP contribution in [0, 0.1) is 6.92 Å². The van der Waals surface area contributed by atoms with E-state index in [4.69, 9.17) is 0 Å². The fourth-order valence-corrected chi connectivity index (χ4v) is 11.9. The van der Waals surface area contributed by atoms with Crippen molar-refractivity contribution in [3.8, 4) is 56.0 Å². The number of fused-ring (bicyclic) bond motifs is 8. The number of hydrogen-bond acceptors (Lipinski definition) is 1. The van der Waals surface area contributed by atoms with Crippen molar-refractivity contribution in [1.82, 2.24) is 14.1 Å². The third kappa shape index (κ3) is 6.99. The second-order valence-electron chi connectivity index (χ2n) is 19.5. The molecule has 73 heavy (non-hydrogen) atoms.